The maximum Gasteiger partial charge on any atom is 0.255 e. The van der Waals surface area contributed by atoms with Gasteiger partial charge in [0.15, 0.2) is 12.0 Å². The first-order valence-corrected chi connectivity index (χ1v) is 7.56. The van der Waals surface area contributed by atoms with Gasteiger partial charge in [-0.1, -0.05) is 28.1 Å². The summed E-state index contributed by atoms with van der Waals surface area (Å²) < 4.78 is 11.7. The van der Waals surface area contributed by atoms with Gasteiger partial charge in [0.25, 0.3) is 5.91 Å². The van der Waals surface area contributed by atoms with Gasteiger partial charge in [-0.15, -0.1) is 0 Å². The Balaban J connectivity index is 2.02. The van der Waals surface area contributed by atoms with E-state index in [1.54, 1.807) is 18.2 Å². The van der Waals surface area contributed by atoms with Gasteiger partial charge in [0.05, 0.1) is 10.9 Å². The van der Waals surface area contributed by atoms with Crippen molar-refractivity contribution in [2.45, 2.75) is 0 Å². The number of halogens is 1. The third kappa shape index (κ3) is 3.27. The summed E-state index contributed by atoms with van der Waals surface area (Å²) >= 11 is 3.36. The maximum absolute atomic E-state index is 12.6. The topological polar surface area (TPSA) is 82.5 Å². The Kier molecular flexibility index (Phi) is 4.16. The van der Waals surface area contributed by atoms with Gasteiger partial charge < -0.3 is 14.9 Å². The Bertz CT molecular complexity index is 931. The molecule has 0 saturated carbocycles. The zero-order chi connectivity index (χ0) is 16.4. The van der Waals surface area contributed by atoms with Crippen LogP contribution in [0.5, 0.6) is 5.75 Å². The number of carbonyl (C=O) groups excluding carboxylic acids is 1. The molecule has 2 aromatic carbocycles. The Hall–Kier alpha value is -2.60. The highest BCUT2D eigenvalue weighted by molar-refractivity contribution is 9.10. The van der Waals surface area contributed by atoms with Gasteiger partial charge in [0.1, 0.15) is 17.6 Å². The Morgan fingerprint density at radius 2 is 1.91 bits per heavy atom. The second kappa shape index (κ2) is 6.26. The van der Waals surface area contributed by atoms with Crippen LogP contribution in [-0.2, 0) is 4.79 Å². The van der Waals surface area contributed by atoms with Gasteiger partial charge in [-0.25, -0.2) is 0 Å². The molecule has 0 atom stereocenters. The molecule has 0 fully saturated rings. The maximum atomic E-state index is 12.6. The lowest BCUT2D eigenvalue weighted by Gasteiger charge is -2.06. The van der Waals surface area contributed by atoms with E-state index in [1.165, 1.54) is 6.26 Å². The van der Waals surface area contributed by atoms with Crippen LogP contribution in [-0.4, -0.2) is 12.5 Å². The SMILES string of the molecule is NC(=O)COc1ccc2c(=O)c(-c3ccc(Br)cc3)coc2c1. The standard InChI is InChI=1S/C17H12BrNO4/c18-11-3-1-10(2-4-11)14-8-23-15-7-12(22-9-16(19)20)5-6-13(15)17(14)21/h1-8H,9H2,(H2,19,20). The van der Waals surface area contributed by atoms with Crippen LogP contribution in [0, 0.1) is 0 Å². The first-order valence-electron chi connectivity index (χ1n) is 6.77. The molecule has 0 bridgehead atoms. The molecule has 0 spiro atoms. The predicted octanol–water partition coefficient (Wildman–Crippen LogP) is 3.09. The lowest BCUT2D eigenvalue weighted by Crippen LogP contribution is -2.20. The van der Waals surface area contributed by atoms with Crippen molar-refractivity contribution in [3.63, 3.8) is 0 Å². The summed E-state index contributed by atoms with van der Waals surface area (Å²) in [6, 6.07) is 12.2. The molecule has 0 radical (unpaired) electrons. The molecule has 3 rings (SSSR count). The first-order chi connectivity index (χ1) is 11.0. The Morgan fingerprint density at radius 1 is 1.17 bits per heavy atom. The molecule has 1 amide bonds. The van der Waals surface area contributed by atoms with Gasteiger partial charge >= 0.3 is 0 Å². The van der Waals surface area contributed by atoms with Crippen LogP contribution < -0.4 is 15.9 Å². The monoisotopic (exact) mass is 373 g/mol. The van der Waals surface area contributed by atoms with Crippen molar-refractivity contribution in [1.82, 2.24) is 0 Å². The number of nitrogens with two attached hydrogens (primary N) is 1. The zero-order valence-electron chi connectivity index (χ0n) is 11.9. The van der Waals surface area contributed by atoms with Crippen LogP contribution in [0.1, 0.15) is 0 Å². The van der Waals surface area contributed by atoms with Gasteiger partial charge in [-0.2, -0.15) is 0 Å². The molecule has 0 aliphatic heterocycles. The average molecular weight is 374 g/mol. The van der Waals surface area contributed by atoms with Gasteiger partial charge in [0.2, 0.25) is 0 Å². The second-order valence-corrected chi connectivity index (χ2v) is 5.81. The van der Waals surface area contributed by atoms with Crippen LogP contribution in [0.25, 0.3) is 22.1 Å². The van der Waals surface area contributed by atoms with Crippen molar-refractivity contribution in [2.75, 3.05) is 6.61 Å². The third-order valence-electron chi connectivity index (χ3n) is 3.28. The summed E-state index contributed by atoms with van der Waals surface area (Å²) in [5, 5.41) is 0.442. The molecule has 116 valence electrons. The van der Waals surface area contributed by atoms with Gasteiger partial charge in [-0.05, 0) is 29.8 Å². The number of hydrogen-bond donors (Lipinski definition) is 1. The molecule has 3 aromatic rings. The van der Waals surface area contributed by atoms with E-state index < -0.39 is 5.91 Å². The predicted molar refractivity (Wildman–Crippen MR) is 90.3 cm³/mol. The van der Waals surface area contributed by atoms with Crippen molar-refractivity contribution in [2.24, 2.45) is 5.73 Å². The third-order valence-corrected chi connectivity index (χ3v) is 3.81. The van der Waals surface area contributed by atoms with Crippen molar-refractivity contribution in [1.29, 1.82) is 0 Å². The molecule has 0 unspecified atom stereocenters. The summed E-state index contributed by atoms with van der Waals surface area (Å²) in [6.45, 7) is -0.229. The summed E-state index contributed by atoms with van der Waals surface area (Å²) in [5.74, 6) is -0.159. The number of benzene rings is 2. The molecular formula is C17H12BrNO4. The smallest absolute Gasteiger partial charge is 0.255 e. The fourth-order valence-electron chi connectivity index (χ4n) is 2.18. The summed E-state index contributed by atoms with van der Waals surface area (Å²) in [5.41, 5.74) is 6.55. The Labute approximate surface area is 139 Å². The molecule has 6 heteroatoms. The normalized spacial score (nSPS) is 10.7. The second-order valence-electron chi connectivity index (χ2n) is 4.90. The zero-order valence-corrected chi connectivity index (χ0v) is 13.5. The molecule has 0 aliphatic carbocycles. The fraction of sp³-hybridized carbons (Fsp3) is 0.0588. The van der Waals surface area contributed by atoms with Gasteiger partial charge in [0, 0.05) is 10.5 Å². The lowest BCUT2D eigenvalue weighted by atomic mass is 10.1. The van der Waals surface area contributed by atoms with Crippen LogP contribution >= 0.6 is 15.9 Å². The van der Waals surface area contributed by atoms with Crippen molar-refractivity contribution in [3.05, 3.63) is 63.4 Å². The van der Waals surface area contributed by atoms with E-state index in [2.05, 4.69) is 15.9 Å². The molecule has 2 N–H and O–H groups in total. The van der Waals surface area contributed by atoms with Gasteiger partial charge in [-0.3, -0.25) is 9.59 Å². The largest absolute Gasteiger partial charge is 0.484 e. The number of hydrogen-bond acceptors (Lipinski definition) is 4. The minimum atomic E-state index is -0.572. The van der Waals surface area contributed by atoms with E-state index >= 15 is 0 Å². The van der Waals surface area contributed by atoms with Crippen molar-refractivity contribution in [3.8, 4) is 16.9 Å². The quantitative estimate of drug-likeness (QED) is 0.761. The van der Waals surface area contributed by atoms with E-state index in [9.17, 15) is 9.59 Å². The van der Waals surface area contributed by atoms with E-state index in [0.29, 0.717) is 22.3 Å². The number of fused-ring (bicyclic) bond motifs is 1. The molecule has 1 aromatic heterocycles. The average Bonchev–Trinajstić information content (AvgIpc) is 2.54. The molecule has 0 aliphatic rings. The molecule has 1 heterocycles. The molecule has 5 nitrogen and oxygen atoms in total. The number of carbonyl (C=O) groups is 1. The summed E-state index contributed by atoms with van der Waals surface area (Å²) in [6.07, 6.45) is 1.42. The van der Waals surface area contributed by atoms with Crippen LogP contribution in [0.4, 0.5) is 0 Å². The van der Waals surface area contributed by atoms with Crippen LogP contribution in [0.2, 0.25) is 0 Å². The fourth-order valence-corrected chi connectivity index (χ4v) is 2.45. The van der Waals surface area contributed by atoms with E-state index in [-0.39, 0.29) is 12.0 Å². The number of primary amides is 1. The number of rotatable bonds is 4. The lowest BCUT2D eigenvalue weighted by molar-refractivity contribution is -0.119. The van der Waals surface area contributed by atoms with Crippen LogP contribution in [0.15, 0.2) is 62.4 Å². The first kappa shape index (κ1) is 15.3. The van der Waals surface area contributed by atoms with E-state index in [1.807, 2.05) is 24.3 Å². The van der Waals surface area contributed by atoms with Crippen molar-refractivity contribution >= 4 is 32.8 Å². The minimum absolute atomic E-state index is 0.130. The van der Waals surface area contributed by atoms with Crippen LogP contribution in [0.3, 0.4) is 0 Å². The Morgan fingerprint density at radius 3 is 2.61 bits per heavy atom. The van der Waals surface area contributed by atoms with E-state index in [0.717, 1.165) is 10.0 Å². The number of amides is 1. The highest BCUT2D eigenvalue weighted by Crippen LogP contribution is 2.24. The molecule has 23 heavy (non-hydrogen) atoms. The highest BCUT2D eigenvalue weighted by atomic mass is 79.9. The summed E-state index contributed by atoms with van der Waals surface area (Å²) in [4.78, 5) is 23.3. The van der Waals surface area contributed by atoms with Crippen molar-refractivity contribution < 1.29 is 13.9 Å². The number of ether oxygens (including phenoxy) is 1. The minimum Gasteiger partial charge on any atom is -0.484 e. The molecular weight excluding hydrogens is 362 g/mol. The molecule has 0 saturated heterocycles. The highest BCUT2D eigenvalue weighted by Gasteiger charge is 2.10. The summed E-state index contributed by atoms with van der Waals surface area (Å²) in [7, 11) is 0. The van der Waals surface area contributed by atoms with E-state index in [4.69, 9.17) is 14.9 Å².